The van der Waals surface area contributed by atoms with Crippen LogP contribution in [0, 0.1) is 5.41 Å². The molecule has 7 heteroatoms. The maximum atomic E-state index is 7.47. The maximum absolute atomic E-state index is 7.47. The van der Waals surface area contributed by atoms with Gasteiger partial charge in [-0.05, 0) is 24.3 Å². The first kappa shape index (κ1) is 13.1. The molecule has 1 aromatic carbocycles. The second kappa shape index (κ2) is 5.56. The normalized spacial score (nSPS) is 10.3. The van der Waals surface area contributed by atoms with Gasteiger partial charge in [-0.25, -0.2) is 0 Å². The molecule has 0 atom stereocenters. The Kier molecular flexibility index (Phi) is 4.06. The van der Waals surface area contributed by atoms with E-state index in [1.54, 1.807) is 18.2 Å². The van der Waals surface area contributed by atoms with Crippen LogP contribution in [0.5, 0.6) is 0 Å². The fourth-order valence-electron chi connectivity index (χ4n) is 1.25. The molecule has 1 heterocycles. The van der Waals surface area contributed by atoms with Crippen LogP contribution in [0.15, 0.2) is 40.4 Å². The molecule has 0 unspecified atom stereocenters. The van der Waals surface area contributed by atoms with Gasteiger partial charge in [0, 0.05) is 4.90 Å². The van der Waals surface area contributed by atoms with Gasteiger partial charge in [-0.2, -0.15) is 5.10 Å². The van der Waals surface area contributed by atoms with Gasteiger partial charge in [0.25, 0.3) is 0 Å². The molecule has 0 spiro atoms. The number of halogens is 2. The first-order valence-corrected chi connectivity index (χ1v) is 6.44. The molecule has 0 saturated carbocycles. The highest BCUT2D eigenvalue weighted by atomic mass is 35.5. The van der Waals surface area contributed by atoms with Crippen molar-refractivity contribution in [1.29, 1.82) is 5.41 Å². The summed E-state index contributed by atoms with van der Waals surface area (Å²) < 4.78 is 0. The Bertz CT molecular complexity index is 603. The summed E-state index contributed by atoms with van der Waals surface area (Å²) in [4.78, 5) is 0.854. The van der Waals surface area contributed by atoms with Crippen molar-refractivity contribution in [2.45, 2.75) is 9.92 Å². The van der Waals surface area contributed by atoms with Gasteiger partial charge >= 0.3 is 0 Å². The van der Waals surface area contributed by atoms with Gasteiger partial charge in [0.2, 0.25) is 0 Å². The quantitative estimate of drug-likeness (QED) is 0.674. The number of nitrogens with one attached hydrogen (secondary N) is 1. The van der Waals surface area contributed by atoms with Gasteiger partial charge < -0.3 is 5.73 Å². The van der Waals surface area contributed by atoms with Crippen LogP contribution in [0.3, 0.4) is 0 Å². The van der Waals surface area contributed by atoms with E-state index in [0.29, 0.717) is 20.6 Å². The molecule has 1 aromatic heterocycles. The molecule has 18 heavy (non-hydrogen) atoms. The third-order valence-electron chi connectivity index (χ3n) is 2.08. The third-order valence-corrected chi connectivity index (χ3v) is 3.81. The van der Waals surface area contributed by atoms with Crippen LogP contribution < -0.4 is 5.73 Å². The Morgan fingerprint density at radius 1 is 1.22 bits per heavy atom. The number of hydrogen-bond donors (Lipinski definition) is 2. The zero-order chi connectivity index (χ0) is 13.1. The van der Waals surface area contributed by atoms with Crippen molar-refractivity contribution in [2.24, 2.45) is 5.73 Å². The Labute approximate surface area is 118 Å². The Hall–Kier alpha value is -1.30. The smallest absolute Gasteiger partial charge is 0.134 e. The average molecular weight is 299 g/mol. The number of aromatic nitrogens is 2. The second-order valence-electron chi connectivity index (χ2n) is 3.34. The van der Waals surface area contributed by atoms with Gasteiger partial charge in [0.1, 0.15) is 10.9 Å². The summed E-state index contributed by atoms with van der Waals surface area (Å²) in [6, 6.07) is 6.90. The van der Waals surface area contributed by atoms with Crippen LogP contribution in [-0.4, -0.2) is 16.0 Å². The molecular weight excluding hydrogens is 291 g/mol. The monoisotopic (exact) mass is 298 g/mol. The van der Waals surface area contributed by atoms with Crippen molar-refractivity contribution < 1.29 is 0 Å². The molecule has 92 valence electrons. The number of benzene rings is 1. The lowest BCUT2D eigenvalue weighted by Gasteiger charge is -2.06. The predicted molar refractivity (Wildman–Crippen MR) is 73.6 cm³/mol. The summed E-state index contributed by atoms with van der Waals surface area (Å²) in [6.45, 7) is 0. The summed E-state index contributed by atoms with van der Waals surface area (Å²) in [5, 5.41) is 16.7. The molecule has 0 aliphatic rings. The van der Waals surface area contributed by atoms with Gasteiger partial charge in [-0.3, -0.25) is 5.41 Å². The fourth-order valence-corrected chi connectivity index (χ4v) is 2.53. The Morgan fingerprint density at radius 2 is 2.00 bits per heavy atom. The van der Waals surface area contributed by atoms with Gasteiger partial charge in [-0.15, -0.1) is 5.10 Å². The molecule has 0 fully saturated rings. The lowest BCUT2D eigenvalue weighted by atomic mass is 10.3. The highest BCUT2D eigenvalue weighted by molar-refractivity contribution is 7.99. The van der Waals surface area contributed by atoms with E-state index in [4.69, 9.17) is 34.3 Å². The second-order valence-corrected chi connectivity index (χ2v) is 5.22. The van der Waals surface area contributed by atoms with E-state index in [1.165, 1.54) is 18.0 Å². The first-order valence-electron chi connectivity index (χ1n) is 4.87. The standard InChI is InChI=1S/C11H8Cl2N4S/c12-8-2-1-6(5-9(8)13)18-11-7(10(14)15)3-4-16-17-11/h1-5H,(H3,14,15). The number of nitrogens with two attached hydrogens (primary N) is 1. The van der Waals surface area contributed by atoms with Crippen LogP contribution >= 0.6 is 35.0 Å². The number of nitrogen functional groups attached to an aromatic ring is 1. The number of amidine groups is 1. The van der Waals surface area contributed by atoms with E-state index in [-0.39, 0.29) is 5.84 Å². The molecule has 0 aliphatic heterocycles. The molecule has 0 radical (unpaired) electrons. The van der Waals surface area contributed by atoms with E-state index in [2.05, 4.69) is 10.2 Å². The molecular formula is C11H8Cl2N4S. The summed E-state index contributed by atoms with van der Waals surface area (Å²) >= 11 is 13.1. The van der Waals surface area contributed by atoms with Crippen LogP contribution in [0.1, 0.15) is 5.56 Å². The van der Waals surface area contributed by atoms with E-state index < -0.39 is 0 Å². The first-order chi connectivity index (χ1) is 8.58. The van der Waals surface area contributed by atoms with E-state index in [0.717, 1.165) is 4.90 Å². The number of nitrogens with zero attached hydrogens (tertiary/aromatic N) is 2. The maximum Gasteiger partial charge on any atom is 0.134 e. The topological polar surface area (TPSA) is 75.7 Å². The SMILES string of the molecule is N=C(N)c1ccnnc1Sc1ccc(Cl)c(Cl)c1. The summed E-state index contributed by atoms with van der Waals surface area (Å²) in [6.07, 6.45) is 1.50. The van der Waals surface area contributed by atoms with Crippen molar-refractivity contribution in [2.75, 3.05) is 0 Å². The van der Waals surface area contributed by atoms with Crippen LogP contribution in [0.25, 0.3) is 0 Å². The van der Waals surface area contributed by atoms with Crippen molar-refractivity contribution >= 4 is 40.8 Å². The largest absolute Gasteiger partial charge is 0.384 e. The van der Waals surface area contributed by atoms with Crippen LogP contribution in [0.2, 0.25) is 10.0 Å². The predicted octanol–water partition coefficient (Wildman–Crippen LogP) is 3.22. The average Bonchev–Trinajstić information content (AvgIpc) is 2.34. The van der Waals surface area contributed by atoms with Crippen molar-refractivity contribution in [1.82, 2.24) is 10.2 Å². The van der Waals surface area contributed by atoms with Crippen molar-refractivity contribution in [3.8, 4) is 0 Å². The molecule has 0 saturated heterocycles. The molecule has 3 N–H and O–H groups in total. The highest BCUT2D eigenvalue weighted by Crippen LogP contribution is 2.32. The van der Waals surface area contributed by atoms with Gasteiger partial charge in [0.05, 0.1) is 21.8 Å². The molecule has 0 amide bonds. The van der Waals surface area contributed by atoms with E-state index in [9.17, 15) is 0 Å². The van der Waals surface area contributed by atoms with E-state index >= 15 is 0 Å². The Balaban J connectivity index is 2.34. The minimum absolute atomic E-state index is 0.0486. The zero-order valence-corrected chi connectivity index (χ0v) is 11.4. The minimum atomic E-state index is -0.0486. The number of rotatable bonds is 3. The minimum Gasteiger partial charge on any atom is -0.384 e. The van der Waals surface area contributed by atoms with E-state index in [1.807, 2.05) is 6.07 Å². The molecule has 2 rings (SSSR count). The summed E-state index contributed by atoms with van der Waals surface area (Å²) in [7, 11) is 0. The summed E-state index contributed by atoms with van der Waals surface area (Å²) in [5.41, 5.74) is 6.02. The molecule has 4 nitrogen and oxygen atoms in total. The number of hydrogen-bond acceptors (Lipinski definition) is 4. The highest BCUT2D eigenvalue weighted by Gasteiger charge is 2.09. The zero-order valence-electron chi connectivity index (χ0n) is 9.02. The third kappa shape index (κ3) is 2.93. The van der Waals surface area contributed by atoms with Gasteiger partial charge in [0.15, 0.2) is 0 Å². The van der Waals surface area contributed by atoms with Crippen molar-refractivity contribution in [3.05, 3.63) is 46.1 Å². The lowest BCUT2D eigenvalue weighted by molar-refractivity contribution is 0.921. The fraction of sp³-hybridized carbons (Fsp3) is 0. The van der Waals surface area contributed by atoms with Gasteiger partial charge in [-0.1, -0.05) is 35.0 Å². The van der Waals surface area contributed by atoms with Crippen molar-refractivity contribution in [3.63, 3.8) is 0 Å². The molecule has 0 bridgehead atoms. The summed E-state index contributed by atoms with van der Waals surface area (Å²) in [5.74, 6) is -0.0486. The molecule has 0 aliphatic carbocycles. The Morgan fingerprint density at radius 3 is 2.67 bits per heavy atom. The lowest BCUT2D eigenvalue weighted by Crippen LogP contribution is -2.13. The van der Waals surface area contributed by atoms with Crippen LogP contribution in [0.4, 0.5) is 0 Å². The molecule has 2 aromatic rings. The van der Waals surface area contributed by atoms with Crippen LogP contribution in [-0.2, 0) is 0 Å².